The van der Waals surface area contributed by atoms with Crippen molar-refractivity contribution in [2.24, 2.45) is 5.41 Å². The van der Waals surface area contributed by atoms with Crippen LogP contribution in [0.15, 0.2) is 12.7 Å². The first-order chi connectivity index (χ1) is 6.33. The Bertz CT molecular complexity index is 277. The van der Waals surface area contributed by atoms with Crippen LogP contribution in [0.2, 0.25) is 0 Å². The van der Waals surface area contributed by atoms with Crippen LogP contribution in [-0.2, 0) is 13.6 Å². The van der Waals surface area contributed by atoms with Gasteiger partial charge in [-0.3, -0.25) is 9.05 Å². The SMILES string of the molecule is C#CC(C)(C)COP(=O)(O)OCC=C. The predicted molar refractivity (Wildman–Crippen MR) is 54.5 cm³/mol. The topological polar surface area (TPSA) is 55.8 Å². The number of phosphoric ester groups is 1. The van der Waals surface area contributed by atoms with Gasteiger partial charge in [0.05, 0.1) is 13.2 Å². The lowest BCUT2D eigenvalue weighted by atomic mass is 9.97. The molecule has 0 bridgehead atoms. The molecule has 0 aromatic rings. The Hall–Kier alpha value is -0.590. The van der Waals surface area contributed by atoms with Gasteiger partial charge in [0.15, 0.2) is 0 Å². The summed E-state index contributed by atoms with van der Waals surface area (Å²) in [5.41, 5.74) is -0.587. The van der Waals surface area contributed by atoms with E-state index in [2.05, 4.69) is 21.5 Å². The van der Waals surface area contributed by atoms with Crippen LogP contribution in [0.4, 0.5) is 0 Å². The van der Waals surface area contributed by atoms with Gasteiger partial charge in [0.25, 0.3) is 0 Å². The highest BCUT2D eigenvalue weighted by Gasteiger charge is 2.25. The molecular weight excluding hydrogens is 203 g/mol. The van der Waals surface area contributed by atoms with E-state index >= 15 is 0 Å². The summed E-state index contributed by atoms with van der Waals surface area (Å²) in [6, 6.07) is 0. The van der Waals surface area contributed by atoms with Crippen molar-refractivity contribution in [3.63, 3.8) is 0 Å². The second kappa shape index (κ2) is 5.33. The molecular formula is C9H15O4P. The molecule has 1 N–H and O–H groups in total. The fourth-order valence-electron chi connectivity index (χ4n) is 0.469. The quantitative estimate of drug-likeness (QED) is 0.420. The molecule has 5 heteroatoms. The van der Waals surface area contributed by atoms with Crippen LogP contribution >= 0.6 is 7.82 Å². The van der Waals surface area contributed by atoms with E-state index in [-0.39, 0.29) is 13.2 Å². The van der Waals surface area contributed by atoms with Crippen molar-refractivity contribution in [1.82, 2.24) is 0 Å². The highest BCUT2D eigenvalue weighted by molar-refractivity contribution is 7.47. The molecule has 0 rings (SSSR count). The third-order valence-electron chi connectivity index (χ3n) is 1.33. The summed E-state index contributed by atoms with van der Waals surface area (Å²) in [5, 5.41) is 0. The van der Waals surface area contributed by atoms with Crippen LogP contribution in [0.5, 0.6) is 0 Å². The molecule has 0 heterocycles. The van der Waals surface area contributed by atoms with E-state index in [1.165, 1.54) is 6.08 Å². The smallest absolute Gasteiger partial charge is 0.302 e. The number of phosphoric acid groups is 1. The minimum Gasteiger partial charge on any atom is -0.302 e. The van der Waals surface area contributed by atoms with Gasteiger partial charge in [-0.15, -0.1) is 13.0 Å². The molecule has 1 atom stereocenters. The fraction of sp³-hybridized carbons (Fsp3) is 0.556. The highest BCUT2D eigenvalue weighted by Crippen LogP contribution is 2.44. The standard InChI is InChI=1S/C9H15O4P/c1-5-7-12-14(10,11)13-8-9(3,4)6-2/h2,5H,1,7-8H2,3-4H3,(H,10,11). The van der Waals surface area contributed by atoms with Crippen LogP contribution in [0.3, 0.4) is 0 Å². The Kier molecular flexibility index (Phi) is 5.11. The van der Waals surface area contributed by atoms with Gasteiger partial charge in [-0.1, -0.05) is 12.0 Å². The predicted octanol–water partition coefficient (Wildman–Crippen LogP) is 1.97. The Balaban J connectivity index is 4.06. The normalized spacial score (nSPS) is 15.6. The largest absolute Gasteiger partial charge is 0.472 e. The average molecular weight is 218 g/mol. The van der Waals surface area contributed by atoms with E-state index in [1.54, 1.807) is 13.8 Å². The van der Waals surface area contributed by atoms with Gasteiger partial charge in [0.1, 0.15) is 0 Å². The minimum atomic E-state index is -3.99. The molecule has 0 aromatic carbocycles. The van der Waals surface area contributed by atoms with Gasteiger partial charge < -0.3 is 4.89 Å². The van der Waals surface area contributed by atoms with Crippen LogP contribution in [0.1, 0.15) is 13.8 Å². The second-order valence-electron chi connectivity index (χ2n) is 3.35. The van der Waals surface area contributed by atoms with Crippen LogP contribution < -0.4 is 0 Å². The van der Waals surface area contributed by atoms with E-state index in [1.807, 2.05) is 0 Å². The van der Waals surface area contributed by atoms with Gasteiger partial charge >= 0.3 is 7.82 Å². The first-order valence-electron chi connectivity index (χ1n) is 4.03. The first kappa shape index (κ1) is 13.4. The van der Waals surface area contributed by atoms with E-state index in [0.29, 0.717) is 0 Å². The van der Waals surface area contributed by atoms with Crippen molar-refractivity contribution in [2.45, 2.75) is 13.8 Å². The zero-order chi connectivity index (χ0) is 11.2. The van der Waals surface area contributed by atoms with E-state index in [4.69, 9.17) is 11.3 Å². The van der Waals surface area contributed by atoms with Crippen LogP contribution in [0, 0.1) is 17.8 Å². The molecule has 0 fully saturated rings. The zero-order valence-electron chi connectivity index (χ0n) is 8.40. The number of hydrogen-bond acceptors (Lipinski definition) is 3. The molecule has 0 radical (unpaired) electrons. The van der Waals surface area contributed by atoms with E-state index < -0.39 is 13.2 Å². The Morgan fingerprint density at radius 2 is 2.21 bits per heavy atom. The summed E-state index contributed by atoms with van der Waals surface area (Å²) in [6.07, 6.45) is 6.54. The van der Waals surface area contributed by atoms with Crippen molar-refractivity contribution < 1.29 is 18.5 Å². The molecule has 1 unspecified atom stereocenters. The molecule has 4 nitrogen and oxygen atoms in total. The maximum atomic E-state index is 11.1. The number of terminal acetylenes is 1. The molecule has 0 spiro atoms. The van der Waals surface area contributed by atoms with Crippen molar-refractivity contribution in [1.29, 1.82) is 0 Å². The fourth-order valence-corrected chi connectivity index (χ4v) is 1.32. The number of rotatable bonds is 6. The Labute approximate surface area is 84.5 Å². The number of hydrogen-bond donors (Lipinski definition) is 1. The Morgan fingerprint density at radius 3 is 2.64 bits per heavy atom. The van der Waals surface area contributed by atoms with Crippen LogP contribution in [0.25, 0.3) is 0 Å². The average Bonchev–Trinajstić information content (AvgIpc) is 2.12. The second-order valence-corrected chi connectivity index (χ2v) is 4.81. The van der Waals surface area contributed by atoms with Crippen molar-refractivity contribution >= 4 is 7.82 Å². The summed E-state index contributed by atoms with van der Waals surface area (Å²) >= 11 is 0. The molecule has 0 aliphatic heterocycles. The molecule has 0 saturated carbocycles. The molecule has 0 aliphatic rings. The Morgan fingerprint density at radius 1 is 1.64 bits per heavy atom. The monoisotopic (exact) mass is 218 g/mol. The van der Waals surface area contributed by atoms with E-state index in [9.17, 15) is 4.57 Å². The lowest BCUT2D eigenvalue weighted by Crippen LogP contribution is -2.16. The van der Waals surface area contributed by atoms with Gasteiger partial charge in [0.2, 0.25) is 0 Å². The van der Waals surface area contributed by atoms with Gasteiger partial charge in [-0.2, -0.15) is 0 Å². The molecule has 0 saturated heterocycles. The van der Waals surface area contributed by atoms with E-state index in [0.717, 1.165) is 0 Å². The van der Waals surface area contributed by atoms with Crippen molar-refractivity contribution in [3.8, 4) is 12.3 Å². The molecule has 0 aliphatic carbocycles. The van der Waals surface area contributed by atoms with Crippen molar-refractivity contribution in [2.75, 3.05) is 13.2 Å². The molecule has 0 aromatic heterocycles. The summed E-state index contributed by atoms with van der Waals surface area (Å²) in [6.45, 7) is 6.72. The maximum Gasteiger partial charge on any atom is 0.472 e. The van der Waals surface area contributed by atoms with Gasteiger partial charge in [-0.25, -0.2) is 4.57 Å². The lowest BCUT2D eigenvalue weighted by molar-refractivity contribution is 0.131. The van der Waals surface area contributed by atoms with Crippen LogP contribution in [-0.4, -0.2) is 18.1 Å². The maximum absolute atomic E-state index is 11.1. The third-order valence-corrected chi connectivity index (χ3v) is 2.27. The highest BCUT2D eigenvalue weighted by atomic mass is 31.2. The summed E-state index contributed by atoms with van der Waals surface area (Å²) in [4.78, 5) is 9.10. The van der Waals surface area contributed by atoms with Crippen molar-refractivity contribution in [3.05, 3.63) is 12.7 Å². The summed E-state index contributed by atoms with van der Waals surface area (Å²) < 4.78 is 20.3. The van der Waals surface area contributed by atoms with Gasteiger partial charge in [-0.05, 0) is 13.8 Å². The lowest BCUT2D eigenvalue weighted by Gasteiger charge is -2.19. The van der Waals surface area contributed by atoms with Gasteiger partial charge in [0, 0.05) is 5.41 Å². The third kappa shape index (κ3) is 5.95. The first-order valence-corrected chi connectivity index (χ1v) is 5.53. The summed E-state index contributed by atoms with van der Waals surface area (Å²) in [7, 11) is -3.99. The minimum absolute atomic E-state index is 0.0333. The zero-order valence-corrected chi connectivity index (χ0v) is 9.29. The molecule has 14 heavy (non-hydrogen) atoms. The molecule has 0 amide bonds. The summed E-state index contributed by atoms with van der Waals surface area (Å²) in [5.74, 6) is 2.44. The molecule has 80 valence electrons.